The van der Waals surface area contributed by atoms with Crippen molar-refractivity contribution in [3.63, 3.8) is 0 Å². The van der Waals surface area contributed by atoms with Crippen LogP contribution in [0, 0.1) is 5.92 Å². The van der Waals surface area contributed by atoms with Crippen molar-refractivity contribution in [2.45, 2.75) is 12.5 Å². The molecular weight excluding hydrogens is 264 g/mol. The fourth-order valence-electron chi connectivity index (χ4n) is 2.85. The van der Waals surface area contributed by atoms with Gasteiger partial charge in [0.15, 0.2) is 11.5 Å². The van der Waals surface area contributed by atoms with E-state index in [2.05, 4.69) is 11.9 Å². The average Bonchev–Trinajstić information content (AvgIpc) is 2.79. The summed E-state index contributed by atoms with van der Waals surface area (Å²) in [5.74, 6) is 1.94. The van der Waals surface area contributed by atoms with Crippen LogP contribution < -0.4 is 15.2 Å². The van der Waals surface area contributed by atoms with Gasteiger partial charge in [0.1, 0.15) is 0 Å². The lowest BCUT2D eigenvalue weighted by molar-refractivity contribution is 0.296. The molecule has 0 amide bonds. The number of rotatable bonds is 4. The maximum absolute atomic E-state index is 6.38. The highest BCUT2D eigenvalue weighted by Crippen LogP contribution is 2.45. The number of hydrogen-bond donors (Lipinski definition) is 1. The Hall–Kier alpha value is -0.970. The molecule has 1 heterocycles. The number of nitrogens with zero attached hydrogens (tertiary/aromatic N) is 1. The first kappa shape index (κ1) is 14.4. The van der Waals surface area contributed by atoms with Crippen molar-refractivity contribution < 1.29 is 9.47 Å². The summed E-state index contributed by atoms with van der Waals surface area (Å²) in [5, 5.41) is 0.715. The minimum atomic E-state index is 0.228. The molecule has 0 bridgehead atoms. The van der Waals surface area contributed by atoms with Crippen molar-refractivity contribution in [2.24, 2.45) is 11.7 Å². The second kappa shape index (κ2) is 5.99. The molecule has 4 nitrogen and oxygen atoms in total. The van der Waals surface area contributed by atoms with Gasteiger partial charge in [0.25, 0.3) is 0 Å². The molecule has 1 aliphatic heterocycles. The standard InChI is InChI=1S/C14H21ClN2O2/c1-17-8-9(7-16)6-11(17)13-10(15)4-5-12(18-2)14(13)19-3/h4-5,9,11H,6-8,16H2,1-3H3. The van der Waals surface area contributed by atoms with Crippen molar-refractivity contribution in [1.82, 2.24) is 4.90 Å². The second-order valence-corrected chi connectivity index (χ2v) is 5.40. The molecule has 2 atom stereocenters. The predicted octanol–water partition coefficient (Wildman–Crippen LogP) is 2.31. The highest BCUT2D eigenvalue weighted by atomic mass is 35.5. The van der Waals surface area contributed by atoms with Gasteiger partial charge in [-0.2, -0.15) is 0 Å². The number of hydrogen-bond acceptors (Lipinski definition) is 4. The topological polar surface area (TPSA) is 47.7 Å². The molecule has 1 aromatic rings. The normalized spacial score (nSPS) is 23.6. The van der Waals surface area contributed by atoms with Gasteiger partial charge in [0.2, 0.25) is 0 Å². The van der Waals surface area contributed by atoms with E-state index in [9.17, 15) is 0 Å². The third-order valence-electron chi connectivity index (χ3n) is 3.83. The molecule has 1 saturated heterocycles. The fourth-order valence-corrected chi connectivity index (χ4v) is 3.13. The molecule has 0 saturated carbocycles. The summed E-state index contributed by atoms with van der Waals surface area (Å²) in [7, 11) is 5.37. The van der Waals surface area contributed by atoms with Crippen LogP contribution in [0.5, 0.6) is 11.5 Å². The minimum Gasteiger partial charge on any atom is -0.493 e. The number of likely N-dealkylation sites (tertiary alicyclic amines) is 1. The molecule has 19 heavy (non-hydrogen) atoms. The van der Waals surface area contributed by atoms with Gasteiger partial charge < -0.3 is 15.2 Å². The van der Waals surface area contributed by atoms with Crippen molar-refractivity contribution in [3.8, 4) is 11.5 Å². The first-order chi connectivity index (χ1) is 9.12. The van der Waals surface area contributed by atoms with Crippen LogP contribution >= 0.6 is 11.6 Å². The maximum Gasteiger partial charge on any atom is 0.166 e. The van der Waals surface area contributed by atoms with Crippen LogP contribution in [-0.2, 0) is 0 Å². The molecule has 2 N–H and O–H groups in total. The number of benzene rings is 1. The lowest BCUT2D eigenvalue weighted by atomic mass is 9.98. The lowest BCUT2D eigenvalue weighted by Crippen LogP contribution is -2.21. The Balaban J connectivity index is 2.43. The number of ether oxygens (including phenoxy) is 2. The van der Waals surface area contributed by atoms with Crippen LogP contribution in [0.15, 0.2) is 12.1 Å². The van der Waals surface area contributed by atoms with Crippen LogP contribution in [-0.4, -0.2) is 39.3 Å². The van der Waals surface area contributed by atoms with E-state index >= 15 is 0 Å². The van der Waals surface area contributed by atoms with E-state index in [0.29, 0.717) is 23.2 Å². The zero-order valence-corrected chi connectivity index (χ0v) is 12.4. The Kier molecular flexibility index (Phi) is 4.55. The predicted molar refractivity (Wildman–Crippen MR) is 77.1 cm³/mol. The highest BCUT2D eigenvalue weighted by molar-refractivity contribution is 6.31. The van der Waals surface area contributed by atoms with Gasteiger partial charge in [-0.25, -0.2) is 0 Å². The summed E-state index contributed by atoms with van der Waals surface area (Å²) in [4.78, 5) is 2.28. The van der Waals surface area contributed by atoms with Crippen LogP contribution in [0.4, 0.5) is 0 Å². The monoisotopic (exact) mass is 284 g/mol. The number of halogens is 1. The van der Waals surface area contributed by atoms with Crippen LogP contribution in [0.2, 0.25) is 5.02 Å². The highest BCUT2D eigenvalue weighted by Gasteiger charge is 2.34. The molecule has 1 fully saturated rings. The largest absolute Gasteiger partial charge is 0.493 e. The van der Waals surface area contributed by atoms with E-state index in [-0.39, 0.29) is 6.04 Å². The third kappa shape index (κ3) is 2.66. The van der Waals surface area contributed by atoms with E-state index in [1.165, 1.54) is 0 Å². The van der Waals surface area contributed by atoms with E-state index in [4.69, 9.17) is 26.8 Å². The van der Waals surface area contributed by atoms with Crippen LogP contribution in [0.1, 0.15) is 18.0 Å². The first-order valence-corrected chi connectivity index (χ1v) is 6.80. The van der Waals surface area contributed by atoms with Gasteiger partial charge in [0.05, 0.1) is 14.2 Å². The van der Waals surface area contributed by atoms with Gasteiger partial charge in [0, 0.05) is 23.2 Å². The Morgan fingerprint density at radius 3 is 2.63 bits per heavy atom. The van der Waals surface area contributed by atoms with Crippen molar-refractivity contribution in [1.29, 1.82) is 0 Å². The molecule has 0 radical (unpaired) electrons. The summed E-state index contributed by atoms with van der Waals surface area (Å²) < 4.78 is 10.9. The van der Waals surface area contributed by atoms with Crippen LogP contribution in [0.3, 0.4) is 0 Å². The van der Waals surface area contributed by atoms with Crippen molar-refractivity contribution in [3.05, 3.63) is 22.7 Å². The molecule has 1 aliphatic rings. The van der Waals surface area contributed by atoms with E-state index in [1.54, 1.807) is 14.2 Å². The molecular formula is C14H21ClN2O2. The Morgan fingerprint density at radius 1 is 1.37 bits per heavy atom. The van der Waals surface area contributed by atoms with Gasteiger partial charge in [-0.1, -0.05) is 11.6 Å². The number of nitrogens with two attached hydrogens (primary N) is 1. The average molecular weight is 285 g/mol. The first-order valence-electron chi connectivity index (χ1n) is 6.43. The smallest absolute Gasteiger partial charge is 0.166 e. The van der Waals surface area contributed by atoms with E-state index in [1.807, 2.05) is 12.1 Å². The van der Waals surface area contributed by atoms with Crippen LogP contribution in [0.25, 0.3) is 0 Å². The minimum absolute atomic E-state index is 0.228. The third-order valence-corrected chi connectivity index (χ3v) is 4.16. The lowest BCUT2D eigenvalue weighted by Gasteiger charge is -2.24. The Labute approximate surface area is 119 Å². The molecule has 2 rings (SSSR count). The van der Waals surface area contributed by atoms with Gasteiger partial charge in [-0.3, -0.25) is 4.90 Å². The summed E-state index contributed by atoms with van der Waals surface area (Å²) in [6.07, 6.45) is 0.996. The second-order valence-electron chi connectivity index (χ2n) is 4.99. The number of methoxy groups -OCH3 is 2. The summed E-state index contributed by atoms with van der Waals surface area (Å²) in [6, 6.07) is 3.92. The zero-order chi connectivity index (χ0) is 14.0. The molecule has 0 aromatic heterocycles. The molecule has 5 heteroatoms. The van der Waals surface area contributed by atoms with Crippen molar-refractivity contribution >= 4 is 11.6 Å². The van der Waals surface area contributed by atoms with E-state index in [0.717, 1.165) is 24.3 Å². The summed E-state index contributed by atoms with van der Waals surface area (Å²) in [6.45, 7) is 1.68. The fraction of sp³-hybridized carbons (Fsp3) is 0.571. The molecule has 0 spiro atoms. The van der Waals surface area contributed by atoms with Gasteiger partial charge in [-0.05, 0) is 38.1 Å². The van der Waals surface area contributed by atoms with Gasteiger partial charge >= 0.3 is 0 Å². The molecule has 1 aromatic carbocycles. The van der Waals surface area contributed by atoms with E-state index < -0.39 is 0 Å². The van der Waals surface area contributed by atoms with Crippen molar-refractivity contribution in [2.75, 3.05) is 34.4 Å². The van der Waals surface area contributed by atoms with Gasteiger partial charge in [-0.15, -0.1) is 0 Å². The molecule has 0 aliphatic carbocycles. The summed E-state index contributed by atoms with van der Waals surface area (Å²) >= 11 is 6.38. The molecule has 106 valence electrons. The Bertz CT molecular complexity index is 453. The maximum atomic E-state index is 6.38. The molecule has 2 unspecified atom stereocenters. The summed E-state index contributed by atoms with van der Waals surface area (Å²) in [5.41, 5.74) is 6.79. The quantitative estimate of drug-likeness (QED) is 0.922. The zero-order valence-electron chi connectivity index (χ0n) is 11.6. The SMILES string of the molecule is COc1ccc(Cl)c(C2CC(CN)CN2C)c1OC. The Morgan fingerprint density at radius 2 is 2.11 bits per heavy atom.